The first-order valence-electron chi connectivity index (χ1n) is 7.57. The maximum atomic E-state index is 12.7. The van der Waals surface area contributed by atoms with Crippen LogP contribution in [0.15, 0.2) is 10.5 Å². The van der Waals surface area contributed by atoms with E-state index in [1.54, 1.807) is 16.7 Å². The SMILES string of the molecule is Cc1cc(C)c(C(=O)N2CSCC2C(=O)NC(C)C(C)C)o1. The van der Waals surface area contributed by atoms with Gasteiger partial charge in [0.05, 0.1) is 5.88 Å². The molecular formula is C16H24N2O3S. The number of hydrogen-bond donors (Lipinski definition) is 1. The third-order valence-electron chi connectivity index (χ3n) is 4.05. The molecule has 2 unspecified atom stereocenters. The van der Waals surface area contributed by atoms with Gasteiger partial charge in [-0.2, -0.15) is 0 Å². The average molecular weight is 324 g/mol. The molecule has 0 radical (unpaired) electrons. The molecule has 2 rings (SSSR count). The summed E-state index contributed by atoms with van der Waals surface area (Å²) in [5.41, 5.74) is 0.814. The van der Waals surface area contributed by atoms with Crippen LogP contribution in [-0.4, -0.2) is 40.4 Å². The lowest BCUT2D eigenvalue weighted by atomic mass is 10.1. The predicted octanol–water partition coefficient (Wildman–Crippen LogP) is 2.57. The number of thioether (sulfide) groups is 1. The first-order valence-corrected chi connectivity index (χ1v) is 8.72. The molecule has 1 aromatic rings. The molecule has 0 bridgehead atoms. The lowest BCUT2D eigenvalue weighted by molar-refractivity contribution is -0.125. The molecule has 0 aliphatic carbocycles. The van der Waals surface area contributed by atoms with Gasteiger partial charge in [-0.1, -0.05) is 13.8 Å². The zero-order valence-electron chi connectivity index (χ0n) is 13.8. The fraction of sp³-hybridized carbons (Fsp3) is 0.625. The van der Waals surface area contributed by atoms with Crippen molar-refractivity contribution in [1.82, 2.24) is 10.2 Å². The molecule has 122 valence electrons. The number of amides is 2. The Hall–Kier alpha value is -1.43. The van der Waals surface area contributed by atoms with Crippen LogP contribution in [0.25, 0.3) is 0 Å². The first kappa shape index (κ1) is 16.9. The maximum Gasteiger partial charge on any atom is 0.291 e. The molecule has 1 aliphatic heterocycles. The summed E-state index contributed by atoms with van der Waals surface area (Å²) in [4.78, 5) is 26.7. The summed E-state index contributed by atoms with van der Waals surface area (Å²) in [5.74, 6) is 2.27. The van der Waals surface area contributed by atoms with Gasteiger partial charge >= 0.3 is 0 Å². The third-order valence-corrected chi connectivity index (χ3v) is 5.06. The number of hydrogen-bond acceptors (Lipinski definition) is 4. The van der Waals surface area contributed by atoms with Gasteiger partial charge in [-0.3, -0.25) is 9.59 Å². The number of nitrogens with zero attached hydrogens (tertiary/aromatic N) is 1. The molecule has 1 N–H and O–H groups in total. The predicted molar refractivity (Wildman–Crippen MR) is 87.9 cm³/mol. The second-order valence-corrected chi connectivity index (χ2v) is 7.20. The van der Waals surface area contributed by atoms with Crippen molar-refractivity contribution in [2.45, 2.75) is 46.7 Å². The van der Waals surface area contributed by atoms with Crippen LogP contribution in [0, 0.1) is 19.8 Å². The standard InChI is InChI=1S/C16H24N2O3S/c1-9(2)12(5)17-15(19)13-7-22-8-18(13)16(20)14-10(3)6-11(4)21-14/h6,9,12-13H,7-8H2,1-5H3,(H,17,19). The normalized spacial score (nSPS) is 19.5. The Balaban J connectivity index is 2.12. The van der Waals surface area contributed by atoms with E-state index >= 15 is 0 Å². The molecular weight excluding hydrogens is 300 g/mol. The van der Waals surface area contributed by atoms with E-state index < -0.39 is 6.04 Å². The highest BCUT2D eigenvalue weighted by Gasteiger charge is 2.37. The summed E-state index contributed by atoms with van der Waals surface area (Å²) in [5, 5.41) is 3.00. The maximum absolute atomic E-state index is 12.7. The van der Waals surface area contributed by atoms with Crippen LogP contribution in [0.1, 0.15) is 42.6 Å². The monoisotopic (exact) mass is 324 g/mol. The van der Waals surface area contributed by atoms with Crippen molar-refractivity contribution < 1.29 is 14.0 Å². The van der Waals surface area contributed by atoms with Crippen LogP contribution in [-0.2, 0) is 4.79 Å². The van der Waals surface area contributed by atoms with Crippen molar-refractivity contribution >= 4 is 23.6 Å². The van der Waals surface area contributed by atoms with E-state index in [0.717, 1.165) is 5.56 Å². The Kier molecular flexibility index (Phi) is 5.21. The number of carbonyl (C=O) groups is 2. The van der Waals surface area contributed by atoms with Crippen LogP contribution in [0.3, 0.4) is 0 Å². The average Bonchev–Trinajstić information content (AvgIpc) is 3.04. The van der Waals surface area contributed by atoms with E-state index in [1.165, 1.54) is 0 Å². The van der Waals surface area contributed by atoms with Crippen molar-refractivity contribution in [2.75, 3.05) is 11.6 Å². The Morgan fingerprint density at radius 1 is 1.36 bits per heavy atom. The highest BCUT2D eigenvalue weighted by molar-refractivity contribution is 7.99. The molecule has 0 aromatic carbocycles. The fourth-order valence-electron chi connectivity index (χ4n) is 2.33. The van der Waals surface area contributed by atoms with Crippen molar-refractivity contribution in [3.05, 3.63) is 23.2 Å². The Morgan fingerprint density at radius 3 is 2.59 bits per heavy atom. The van der Waals surface area contributed by atoms with E-state index in [2.05, 4.69) is 19.2 Å². The van der Waals surface area contributed by atoms with Gasteiger partial charge in [0.25, 0.3) is 5.91 Å². The Labute approximate surface area is 135 Å². The molecule has 5 nitrogen and oxygen atoms in total. The molecule has 2 heterocycles. The number of furan rings is 1. The summed E-state index contributed by atoms with van der Waals surface area (Å²) >= 11 is 1.59. The summed E-state index contributed by atoms with van der Waals surface area (Å²) in [6.07, 6.45) is 0. The summed E-state index contributed by atoms with van der Waals surface area (Å²) < 4.78 is 5.50. The second kappa shape index (κ2) is 6.77. The fourth-order valence-corrected chi connectivity index (χ4v) is 3.49. The first-order chi connectivity index (χ1) is 10.3. The Morgan fingerprint density at radius 2 is 2.05 bits per heavy atom. The van der Waals surface area contributed by atoms with Crippen LogP contribution in [0.2, 0.25) is 0 Å². The van der Waals surface area contributed by atoms with Crippen molar-refractivity contribution in [3.63, 3.8) is 0 Å². The van der Waals surface area contributed by atoms with Crippen LogP contribution >= 0.6 is 11.8 Å². The number of nitrogens with one attached hydrogen (secondary N) is 1. The van der Waals surface area contributed by atoms with Gasteiger partial charge in [-0.15, -0.1) is 11.8 Å². The number of carbonyl (C=O) groups excluding carboxylic acids is 2. The van der Waals surface area contributed by atoms with Crippen LogP contribution in [0.4, 0.5) is 0 Å². The smallest absolute Gasteiger partial charge is 0.291 e. The van der Waals surface area contributed by atoms with Gasteiger partial charge in [-0.05, 0) is 32.8 Å². The van der Waals surface area contributed by atoms with Crippen molar-refractivity contribution in [1.29, 1.82) is 0 Å². The molecule has 1 saturated heterocycles. The van der Waals surface area contributed by atoms with Gasteiger partial charge in [0.1, 0.15) is 11.8 Å². The molecule has 2 atom stereocenters. The molecule has 2 amide bonds. The van der Waals surface area contributed by atoms with Gasteiger partial charge in [0.2, 0.25) is 5.91 Å². The molecule has 1 aliphatic rings. The molecule has 22 heavy (non-hydrogen) atoms. The molecule has 1 aromatic heterocycles. The van der Waals surface area contributed by atoms with E-state index in [4.69, 9.17) is 4.42 Å². The van der Waals surface area contributed by atoms with Crippen LogP contribution < -0.4 is 5.32 Å². The van der Waals surface area contributed by atoms with E-state index in [-0.39, 0.29) is 17.9 Å². The summed E-state index contributed by atoms with van der Waals surface area (Å²) in [6.45, 7) is 9.77. The van der Waals surface area contributed by atoms with Crippen LogP contribution in [0.5, 0.6) is 0 Å². The van der Waals surface area contributed by atoms with Gasteiger partial charge in [0.15, 0.2) is 5.76 Å². The quantitative estimate of drug-likeness (QED) is 0.924. The molecule has 1 fully saturated rings. The van der Waals surface area contributed by atoms with E-state index in [9.17, 15) is 9.59 Å². The third kappa shape index (κ3) is 3.48. The van der Waals surface area contributed by atoms with E-state index in [0.29, 0.717) is 29.1 Å². The molecule has 6 heteroatoms. The minimum absolute atomic E-state index is 0.0829. The van der Waals surface area contributed by atoms with Crippen molar-refractivity contribution in [3.8, 4) is 0 Å². The Bertz CT molecular complexity index is 568. The highest BCUT2D eigenvalue weighted by atomic mass is 32.2. The lowest BCUT2D eigenvalue weighted by Crippen LogP contribution is -2.50. The van der Waals surface area contributed by atoms with E-state index in [1.807, 2.05) is 26.8 Å². The molecule has 0 saturated carbocycles. The summed E-state index contributed by atoms with van der Waals surface area (Å²) in [7, 11) is 0. The van der Waals surface area contributed by atoms with Crippen molar-refractivity contribution in [2.24, 2.45) is 5.92 Å². The topological polar surface area (TPSA) is 62.6 Å². The second-order valence-electron chi connectivity index (χ2n) is 6.20. The zero-order chi connectivity index (χ0) is 16.4. The lowest BCUT2D eigenvalue weighted by Gasteiger charge is -2.25. The van der Waals surface area contributed by atoms with Gasteiger partial charge in [0, 0.05) is 17.4 Å². The minimum atomic E-state index is -0.427. The largest absolute Gasteiger partial charge is 0.456 e. The zero-order valence-corrected chi connectivity index (χ0v) is 14.6. The highest BCUT2D eigenvalue weighted by Crippen LogP contribution is 2.25. The van der Waals surface area contributed by atoms with Gasteiger partial charge in [-0.25, -0.2) is 0 Å². The van der Waals surface area contributed by atoms with Gasteiger partial charge < -0.3 is 14.6 Å². The molecule has 0 spiro atoms. The number of aryl methyl sites for hydroxylation is 2. The minimum Gasteiger partial charge on any atom is -0.456 e. The summed E-state index contributed by atoms with van der Waals surface area (Å²) in [6, 6.07) is 1.50. The number of rotatable bonds is 4.